The van der Waals surface area contributed by atoms with Crippen LogP contribution < -0.4 is 10.1 Å². The van der Waals surface area contributed by atoms with E-state index >= 15 is 0 Å². The summed E-state index contributed by atoms with van der Waals surface area (Å²) in [4.78, 5) is 23.4. The Morgan fingerprint density at radius 3 is 2.38 bits per heavy atom. The van der Waals surface area contributed by atoms with Crippen molar-refractivity contribution in [3.63, 3.8) is 0 Å². The molecule has 6 nitrogen and oxygen atoms in total. The number of hydrogen-bond donors (Lipinski definition) is 2. The Morgan fingerprint density at radius 2 is 1.84 bits per heavy atom. The predicted molar refractivity (Wildman–Crippen MR) is 110 cm³/mol. The number of amides is 1. The molecule has 3 rings (SSSR count). The average molecular weight is 462 g/mol. The van der Waals surface area contributed by atoms with Crippen LogP contribution >= 0.6 is 0 Å². The van der Waals surface area contributed by atoms with Crippen LogP contribution in [0.3, 0.4) is 0 Å². The first-order chi connectivity index (χ1) is 15.0. The molecule has 0 saturated carbocycles. The van der Waals surface area contributed by atoms with Crippen molar-refractivity contribution >= 4 is 11.9 Å². The zero-order chi connectivity index (χ0) is 23.9. The molecule has 2 heterocycles. The van der Waals surface area contributed by atoms with E-state index in [0.717, 1.165) is 43.7 Å². The number of halogens is 4. The van der Waals surface area contributed by atoms with Gasteiger partial charge in [-0.15, -0.1) is 0 Å². The Balaban J connectivity index is 0.000000451. The summed E-state index contributed by atoms with van der Waals surface area (Å²) >= 11 is 0. The third kappa shape index (κ3) is 7.36. The Bertz CT molecular complexity index is 777. The van der Waals surface area contributed by atoms with Crippen LogP contribution in [0.1, 0.15) is 51.1 Å². The molecule has 1 unspecified atom stereocenters. The Hall–Kier alpha value is -2.36. The minimum absolute atomic E-state index is 0.0103. The van der Waals surface area contributed by atoms with E-state index in [1.807, 2.05) is 24.3 Å². The molecule has 0 aromatic heterocycles. The number of nitrogens with zero attached hydrogens (tertiary/aromatic N) is 1. The molecule has 32 heavy (non-hydrogen) atoms. The van der Waals surface area contributed by atoms with Crippen molar-refractivity contribution in [2.24, 2.45) is 5.92 Å². The fourth-order valence-electron chi connectivity index (χ4n) is 3.98. The molecule has 180 valence electrons. The van der Waals surface area contributed by atoms with Crippen molar-refractivity contribution < 1.29 is 37.0 Å². The maximum Gasteiger partial charge on any atom is 0.490 e. The van der Waals surface area contributed by atoms with Crippen LogP contribution in [0.4, 0.5) is 17.6 Å². The molecule has 1 amide bonds. The van der Waals surface area contributed by atoms with E-state index in [0.29, 0.717) is 18.9 Å². The average Bonchev–Trinajstić information content (AvgIpc) is 2.69. The standard InChI is InChI=1S/C20H29FN2O2.C2HF3O2/c1-15(2)13-19(24)22-17-14-20(7-10-23(11-8-20)12-9-21)25-18-6-4-3-5-16(17)18;3-2(4,5)1(6)7/h3-6,15,17H,7-14H2,1-2H3,(H,22,24);(H,6,7). The lowest BCUT2D eigenvalue weighted by Gasteiger charge is -2.47. The number of aliphatic carboxylic acids is 1. The van der Waals surface area contributed by atoms with E-state index in [1.54, 1.807) is 0 Å². The summed E-state index contributed by atoms with van der Waals surface area (Å²) < 4.78 is 50.7. The van der Waals surface area contributed by atoms with Gasteiger partial charge < -0.3 is 20.1 Å². The number of carboxylic acids is 1. The molecule has 1 atom stereocenters. The first kappa shape index (κ1) is 25.9. The normalized spacial score (nSPS) is 20.0. The van der Waals surface area contributed by atoms with Gasteiger partial charge in [0.25, 0.3) is 0 Å². The van der Waals surface area contributed by atoms with Gasteiger partial charge in [0.05, 0.1) is 6.04 Å². The molecule has 10 heteroatoms. The number of alkyl halides is 4. The van der Waals surface area contributed by atoms with Gasteiger partial charge >= 0.3 is 12.1 Å². The number of nitrogens with one attached hydrogen (secondary N) is 1. The van der Waals surface area contributed by atoms with Crippen LogP contribution in [0.15, 0.2) is 24.3 Å². The van der Waals surface area contributed by atoms with Crippen molar-refractivity contribution in [3.05, 3.63) is 29.8 Å². The summed E-state index contributed by atoms with van der Waals surface area (Å²) in [6.45, 7) is 6.00. The zero-order valence-corrected chi connectivity index (χ0v) is 18.3. The van der Waals surface area contributed by atoms with Gasteiger partial charge in [-0.05, 0) is 24.8 Å². The monoisotopic (exact) mass is 462 g/mol. The second-order valence-corrected chi connectivity index (χ2v) is 8.58. The Morgan fingerprint density at radius 1 is 1.25 bits per heavy atom. The minimum Gasteiger partial charge on any atom is -0.487 e. The second-order valence-electron chi connectivity index (χ2n) is 8.58. The molecule has 1 aromatic carbocycles. The van der Waals surface area contributed by atoms with Gasteiger partial charge in [0.2, 0.25) is 5.91 Å². The number of fused-ring (bicyclic) bond motifs is 1. The molecule has 0 bridgehead atoms. The molecule has 1 aromatic rings. The maximum atomic E-state index is 12.6. The van der Waals surface area contributed by atoms with Crippen molar-refractivity contribution in [1.29, 1.82) is 0 Å². The molecule has 2 N–H and O–H groups in total. The number of carbonyl (C=O) groups is 2. The molecule has 0 radical (unpaired) electrons. The Kier molecular flexibility index (Phi) is 8.89. The molecular formula is C22H30F4N2O4. The summed E-state index contributed by atoms with van der Waals surface area (Å²) in [6.07, 6.45) is -2.01. The zero-order valence-electron chi connectivity index (χ0n) is 18.3. The minimum atomic E-state index is -5.08. The number of likely N-dealkylation sites (tertiary alicyclic amines) is 1. The fourth-order valence-corrected chi connectivity index (χ4v) is 3.98. The maximum absolute atomic E-state index is 12.6. The fraction of sp³-hybridized carbons (Fsp3) is 0.636. The van der Waals surface area contributed by atoms with Gasteiger partial charge in [0, 0.05) is 38.0 Å². The van der Waals surface area contributed by atoms with Crippen LogP contribution in [-0.4, -0.2) is 60.0 Å². The van der Waals surface area contributed by atoms with Gasteiger partial charge in [0.1, 0.15) is 18.0 Å². The van der Waals surface area contributed by atoms with Crippen molar-refractivity contribution in [2.45, 2.75) is 57.3 Å². The van der Waals surface area contributed by atoms with Crippen molar-refractivity contribution in [1.82, 2.24) is 10.2 Å². The third-order valence-corrected chi connectivity index (χ3v) is 5.54. The summed E-state index contributed by atoms with van der Waals surface area (Å²) in [5.41, 5.74) is 0.813. The SMILES string of the molecule is CC(C)CC(=O)NC1CC2(CCN(CCF)CC2)Oc2ccccc21.O=C(O)C(F)(F)F. The van der Waals surface area contributed by atoms with Gasteiger partial charge in [-0.2, -0.15) is 13.2 Å². The van der Waals surface area contributed by atoms with Gasteiger partial charge in [0.15, 0.2) is 0 Å². The predicted octanol–water partition coefficient (Wildman–Crippen LogP) is 4.11. The largest absolute Gasteiger partial charge is 0.490 e. The third-order valence-electron chi connectivity index (χ3n) is 5.54. The highest BCUT2D eigenvalue weighted by atomic mass is 19.4. The number of benzene rings is 1. The van der Waals surface area contributed by atoms with Crippen molar-refractivity contribution in [2.75, 3.05) is 26.3 Å². The summed E-state index contributed by atoms with van der Waals surface area (Å²) in [5.74, 6) is -1.44. The van der Waals surface area contributed by atoms with Crippen molar-refractivity contribution in [3.8, 4) is 5.75 Å². The molecule has 0 aliphatic carbocycles. The van der Waals surface area contributed by atoms with Gasteiger partial charge in [-0.3, -0.25) is 4.79 Å². The first-order valence-electron chi connectivity index (χ1n) is 10.6. The van der Waals surface area contributed by atoms with Crippen LogP contribution in [0.25, 0.3) is 0 Å². The summed E-state index contributed by atoms with van der Waals surface area (Å²) in [6, 6.07) is 7.99. The number of piperidine rings is 1. The summed E-state index contributed by atoms with van der Waals surface area (Å²) in [7, 11) is 0. The van der Waals surface area contributed by atoms with Crippen LogP contribution in [-0.2, 0) is 9.59 Å². The summed E-state index contributed by atoms with van der Waals surface area (Å²) in [5, 5.41) is 10.3. The molecule has 1 spiro atoms. The number of carbonyl (C=O) groups excluding carboxylic acids is 1. The van der Waals surface area contributed by atoms with E-state index in [9.17, 15) is 22.4 Å². The number of rotatable bonds is 5. The van der Waals surface area contributed by atoms with Crippen LogP contribution in [0, 0.1) is 5.92 Å². The molecule has 2 aliphatic heterocycles. The van der Waals surface area contributed by atoms with E-state index in [1.165, 1.54) is 0 Å². The number of hydrogen-bond acceptors (Lipinski definition) is 4. The number of carboxylic acid groups (broad SMARTS) is 1. The number of ether oxygens (including phenoxy) is 1. The number of para-hydroxylation sites is 1. The lowest BCUT2D eigenvalue weighted by Crippen LogP contribution is -2.52. The van der Waals surface area contributed by atoms with Gasteiger partial charge in [-0.1, -0.05) is 32.0 Å². The smallest absolute Gasteiger partial charge is 0.487 e. The quantitative estimate of drug-likeness (QED) is 0.644. The van der Waals surface area contributed by atoms with Gasteiger partial charge in [-0.25, -0.2) is 9.18 Å². The molecular weight excluding hydrogens is 432 g/mol. The first-order valence-corrected chi connectivity index (χ1v) is 10.6. The van der Waals surface area contributed by atoms with E-state index in [4.69, 9.17) is 14.6 Å². The highest BCUT2D eigenvalue weighted by Crippen LogP contribution is 2.44. The highest BCUT2D eigenvalue weighted by Gasteiger charge is 2.43. The molecule has 1 fully saturated rings. The van der Waals surface area contributed by atoms with Crippen LogP contribution in [0.5, 0.6) is 5.75 Å². The second kappa shape index (κ2) is 11.0. The van der Waals surface area contributed by atoms with E-state index in [2.05, 4.69) is 24.1 Å². The van der Waals surface area contributed by atoms with Crippen LogP contribution in [0.2, 0.25) is 0 Å². The van der Waals surface area contributed by atoms with E-state index in [-0.39, 0.29) is 24.2 Å². The lowest BCUT2D eigenvalue weighted by molar-refractivity contribution is -0.192. The lowest BCUT2D eigenvalue weighted by atomic mass is 9.80. The van der Waals surface area contributed by atoms with E-state index < -0.39 is 12.1 Å². The molecule has 2 aliphatic rings. The Labute approximate surface area is 184 Å². The molecule has 1 saturated heterocycles. The highest BCUT2D eigenvalue weighted by molar-refractivity contribution is 5.76. The topological polar surface area (TPSA) is 78.9 Å².